The van der Waals surface area contributed by atoms with Crippen molar-refractivity contribution >= 4 is 35.0 Å². The molecule has 1 aliphatic heterocycles. The topological polar surface area (TPSA) is 72.1 Å². The molecule has 1 aromatic heterocycles. The Kier molecular flexibility index (Phi) is 4.66. The second-order valence-electron chi connectivity index (χ2n) is 4.13. The molecule has 1 aromatic rings. The zero-order valence-electron chi connectivity index (χ0n) is 9.93. The van der Waals surface area contributed by atoms with E-state index in [1.807, 2.05) is 4.90 Å². The number of nitrogens with zero attached hydrogens (tertiary/aromatic N) is 3. The van der Waals surface area contributed by atoms with Crippen LogP contribution >= 0.6 is 23.4 Å². The summed E-state index contributed by atoms with van der Waals surface area (Å²) in [6, 6.07) is 0. The molecule has 2 heterocycles. The van der Waals surface area contributed by atoms with E-state index >= 15 is 0 Å². The summed E-state index contributed by atoms with van der Waals surface area (Å²) < 4.78 is 0. The number of hydrogen-bond donors (Lipinski definition) is 1. The Morgan fingerprint density at radius 3 is 2.89 bits per heavy atom. The molecule has 1 saturated heterocycles. The Morgan fingerprint density at radius 2 is 2.17 bits per heavy atom. The fourth-order valence-electron chi connectivity index (χ4n) is 1.84. The van der Waals surface area contributed by atoms with Crippen molar-refractivity contribution in [2.24, 2.45) is 0 Å². The summed E-state index contributed by atoms with van der Waals surface area (Å²) >= 11 is 7.01. The molecular weight excluding hydrogens is 272 g/mol. The van der Waals surface area contributed by atoms with Crippen molar-refractivity contribution < 1.29 is 4.79 Å². The first-order valence-corrected chi connectivity index (χ1v) is 7.22. The number of anilines is 1. The predicted octanol–water partition coefficient (Wildman–Crippen LogP) is 1.82. The van der Waals surface area contributed by atoms with E-state index in [1.54, 1.807) is 0 Å². The maximum absolute atomic E-state index is 12.0. The van der Waals surface area contributed by atoms with Gasteiger partial charge in [0.05, 0.1) is 17.6 Å². The molecule has 98 valence electrons. The second-order valence-corrected chi connectivity index (χ2v) is 5.43. The first kappa shape index (κ1) is 13.4. The van der Waals surface area contributed by atoms with Crippen LogP contribution in [-0.4, -0.2) is 39.6 Å². The van der Waals surface area contributed by atoms with Crippen molar-refractivity contribution in [3.05, 3.63) is 11.5 Å². The van der Waals surface area contributed by atoms with Gasteiger partial charge in [-0.3, -0.25) is 4.79 Å². The monoisotopic (exact) mass is 286 g/mol. The highest BCUT2D eigenvalue weighted by Gasteiger charge is 2.17. The van der Waals surface area contributed by atoms with Crippen molar-refractivity contribution in [3.8, 4) is 0 Å². The smallest absolute Gasteiger partial charge is 0.232 e. The minimum atomic E-state index is 0.133. The lowest BCUT2D eigenvalue weighted by molar-refractivity contribution is -0.129. The highest BCUT2D eigenvalue weighted by Crippen LogP contribution is 2.23. The Hall–Kier alpha value is -1.01. The zero-order valence-corrected chi connectivity index (χ0v) is 11.5. The lowest BCUT2D eigenvalue weighted by Gasteiger charge is -2.26. The lowest BCUT2D eigenvalue weighted by atomic mass is 10.1. The maximum Gasteiger partial charge on any atom is 0.232 e. The Morgan fingerprint density at radius 1 is 1.44 bits per heavy atom. The summed E-state index contributed by atoms with van der Waals surface area (Å²) in [6.07, 6.45) is 4.87. The quantitative estimate of drug-likeness (QED) is 0.521. The molecule has 18 heavy (non-hydrogen) atoms. The fraction of sp³-hybridized carbons (Fsp3) is 0.545. The summed E-state index contributed by atoms with van der Waals surface area (Å²) in [5.41, 5.74) is 6.18. The van der Waals surface area contributed by atoms with Crippen LogP contribution in [-0.2, 0) is 4.79 Å². The number of carbonyl (C=O) groups is 1. The Labute approximate surface area is 115 Å². The van der Waals surface area contributed by atoms with Gasteiger partial charge in [-0.25, -0.2) is 9.97 Å². The third-order valence-corrected chi connectivity index (χ3v) is 3.97. The van der Waals surface area contributed by atoms with Crippen LogP contribution in [0.15, 0.2) is 11.2 Å². The van der Waals surface area contributed by atoms with Gasteiger partial charge < -0.3 is 10.6 Å². The molecule has 0 spiro atoms. The summed E-state index contributed by atoms with van der Waals surface area (Å²) in [6.45, 7) is 1.72. The van der Waals surface area contributed by atoms with Gasteiger partial charge in [0.15, 0.2) is 0 Å². The average molecular weight is 287 g/mol. The summed E-state index contributed by atoms with van der Waals surface area (Å²) in [5.74, 6) is 0.478. The fourth-order valence-corrected chi connectivity index (χ4v) is 2.83. The standard InChI is InChI=1S/C11H15ClN4OS/c12-11-14-6-8(13)10(15-11)18-7-9(17)16-4-2-1-3-5-16/h6H,1-5,7,13H2. The molecule has 1 aliphatic rings. The number of halogens is 1. The first-order valence-electron chi connectivity index (χ1n) is 5.85. The van der Waals surface area contributed by atoms with Crippen LogP contribution in [0.4, 0.5) is 5.69 Å². The van der Waals surface area contributed by atoms with Crippen molar-refractivity contribution in [3.63, 3.8) is 0 Å². The van der Waals surface area contributed by atoms with Crippen LogP contribution in [0.5, 0.6) is 0 Å². The number of thioether (sulfide) groups is 1. The third-order valence-electron chi connectivity index (χ3n) is 2.79. The van der Waals surface area contributed by atoms with Crippen molar-refractivity contribution in [2.45, 2.75) is 24.3 Å². The van der Waals surface area contributed by atoms with Crippen molar-refractivity contribution in [1.29, 1.82) is 0 Å². The number of aromatic nitrogens is 2. The highest BCUT2D eigenvalue weighted by atomic mass is 35.5. The van der Waals surface area contributed by atoms with Crippen LogP contribution < -0.4 is 5.73 Å². The number of nitrogens with two attached hydrogens (primary N) is 1. The highest BCUT2D eigenvalue weighted by molar-refractivity contribution is 8.00. The number of nitrogen functional groups attached to an aromatic ring is 1. The van der Waals surface area contributed by atoms with E-state index in [0.29, 0.717) is 16.5 Å². The SMILES string of the molecule is Nc1cnc(Cl)nc1SCC(=O)N1CCCCC1. The van der Waals surface area contributed by atoms with E-state index in [4.69, 9.17) is 17.3 Å². The molecule has 2 N–H and O–H groups in total. The van der Waals surface area contributed by atoms with Crippen LogP contribution in [0, 0.1) is 0 Å². The van der Waals surface area contributed by atoms with Crippen molar-refractivity contribution in [2.75, 3.05) is 24.6 Å². The van der Waals surface area contributed by atoms with E-state index in [1.165, 1.54) is 24.4 Å². The zero-order chi connectivity index (χ0) is 13.0. The number of rotatable bonds is 3. The predicted molar refractivity (Wildman–Crippen MR) is 72.6 cm³/mol. The largest absolute Gasteiger partial charge is 0.395 e. The third kappa shape index (κ3) is 3.49. The molecule has 1 amide bonds. The number of hydrogen-bond acceptors (Lipinski definition) is 5. The van der Waals surface area contributed by atoms with E-state index in [0.717, 1.165) is 25.9 Å². The molecule has 0 atom stereocenters. The van der Waals surface area contributed by atoms with Gasteiger partial charge in [0.25, 0.3) is 0 Å². The minimum Gasteiger partial charge on any atom is -0.395 e. The van der Waals surface area contributed by atoms with Gasteiger partial charge >= 0.3 is 0 Å². The van der Waals surface area contributed by atoms with Crippen LogP contribution in [0.1, 0.15) is 19.3 Å². The molecule has 7 heteroatoms. The Bertz CT molecular complexity index is 437. The van der Waals surface area contributed by atoms with Crippen LogP contribution in [0.2, 0.25) is 5.28 Å². The average Bonchev–Trinajstić information content (AvgIpc) is 2.40. The molecule has 1 fully saturated rings. The van der Waals surface area contributed by atoms with E-state index < -0.39 is 0 Å². The first-order chi connectivity index (χ1) is 8.66. The lowest BCUT2D eigenvalue weighted by Crippen LogP contribution is -2.36. The number of amides is 1. The molecule has 2 rings (SSSR count). The summed E-state index contributed by atoms with van der Waals surface area (Å²) in [7, 11) is 0. The second kappa shape index (κ2) is 6.24. The number of carbonyl (C=O) groups excluding carboxylic acids is 1. The molecule has 0 radical (unpaired) electrons. The normalized spacial score (nSPS) is 15.7. The summed E-state index contributed by atoms with van der Waals surface area (Å²) in [4.78, 5) is 21.6. The van der Waals surface area contributed by atoms with Crippen molar-refractivity contribution in [1.82, 2.24) is 14.9 Å². The van der Waals surface area contributed by atoms with Crippen LogP contribution in [0.25, 0.3) is 0 Å². The molecule has 0 unspecified atom stereocenters. The van der Waals surface area contributed by atoms with Gasteiger partial charge in [-0.2, -0.15) is 0 Å². The Balaban J connectivity index is 1.90. The van der Waals surface area contributed by atoms with E-state index in [9.17, 15) is 4.79 Å². The molecule has 0 bridgehead atoms. The van der Waals surface area contributed by atoms with E-state index in [2.05, 4.69) is 9.97 Å². The maximum atomic E-state index is 12.0. The van der Waals surface area contributed by atoms with Gasteiger partial charge in [0.1, 0.15) is 5.03 Å². The number of likely N-dealkylation sites (tertiary alicyclic amines) is 1. The molecule has 0 saturated carbocycles. The van der Waals surface area contributed by atoms with E-state index in [-0.39, 0.29) is 11.2 Å². The molecule has 0 aliphatic carbocycles. The van der Waals surface area contributed by atoms with Gasteiger partial charge in [-0.1, -0.05) is 11.8 Å². The number of piperidine rings is 1. The summed E-state index contributed by atoms with van der Waals surface area (Å²) in [5, 5.41) is 0.720. The molecule has 0 aromatic carbocycles. The molecular formula is C11H15ClN4OS. The molecule has 5 nitrogen and oxygen atoms in total. The van der Waals surface area contributed by atoms with Gasteiger partial charge in [0, 0.05) is 13.1 Å². The van der Waals surface area contributed by atoms with Gasteiger partial charge in [-0.15, -0.1) is 0 Å². The van der Waals surface area contributed by atoms with Crippen LogP contribution in [0.3, 0.4) is 0 Å². The minimum absolute atomic E-state index is 0.133. The van der Waals surface area contributed by atoms with Gasteiger partial charge in [-0.05, 0) is 30.9 Å². The van der Waals surface area contributed by atoms with Gasteiger partial charge in [0.2, 0.25) is 11.2 Å².